The van der Waals surface area contributed by atoms with E-state index in [1.165, 1.54) is 180 Å². The summed E-state index contributed by atoms with van der Waals surface area (Å²) in [6.45, 7) is 13.6. The lowest BCUT2D eigenvalue weighted by atomic mass is 9.95. The Morgan fingerprint density at radius 1 is 0.310 bits per heavy atom. The van der Waals surface area contributed by atoms with Crippen molar-refractivity contribution in [1.82, 2.24) is 10.6 Å². The first-order valence-corrected chi connectivity index (χ1v) is 61.1. The van der Waals surface area contributed by atoms with Crippen LogP contribution in [-0.2, 0) is 80.5 Å². The first-order valence-electron chi connectivity index (χ1n) is 59.6. The van der Waals surface area contributed by atoms with E-state index in [1.807, 2.05) is 0 Å². The van der Waals surface area contributed by atoms with E-state index < -0.39 is 174 Å². The summed E-state index contributed by atoms with van der Waals surface area (Å²) >= 11 is 0. The van der Waals surface area contributed by atoms with Crippen LogP contribution in [0.3, 0.4) is 0 Å². The van der Waals surface area contributed by atoms with Crippen molar-refractivity contribution < 1.29 is 111 Å². The third-order valence-electron chi connectivity index (χ3n) is 28.5. The molecule has 0 bridgehead atoms. The number of amides is 2. The number of unbranched alkanes of at least 4 members (excludes halogenated alkanes) is 65. The van der Waals surface area contributed by atoms with E-state index in [1.54, 1.807) is 0 Å². The van der Waals surface area contributed by atoms with Crippen LogP contribution in [-0.4, -0.2) is 171 Å². The molecule has 14 atom stereocenters. The van der Waals surface area contributed by atoms with E-state index >= 15 is 9.59 Å². The van der Waals surface area contributed by atoms with Crippen molar-refractivity contribution in [2.24, 2.45) is 0 Å². The molecule has 0 saturated carbocycles. The molecule has 2 heterocycles. The van der Waals surface area contributed by atoms with Gasteiger partial charge in [0.25, 0.3) is 0 Å². The van der Waals surface area contributed by atoms with Crippen LogP contribution in [0.2, 0.25) is 0 Å². The Hall–Kier alpha value is -4.14. The van der Waals surface area contributed by atoms with Crippen molar-refractivity contribution in [2.45, 2.75) is 674 Å². The number of aliphatic hydroxyl groups is 4. The molecular formula is C116H217N2O23P. The first kappa shape index (κ1) is 134. The van der Waals surface area contributed by atoms with Crippen LogP contribution < -0.4 is 10.6 Å². The van der Waals surface area contributed by atoms with Crippen molar-refractivity contribution >= 4 is 49.5 Å². The van der Waals surface area contributed by atoms with E-state index in [0.717, 1.165) is 244 Å². The summed E-state index contributed by atoms with van der Waals surface area (Å²) in [7, 11) is -5.69. The van der Waals surface area contributed by atoms with Gasteiger partial charge in [0.15, 0.2) is 24.8 Å². The number of hydrogen-bond donors (Lipinski definition) is 8. The van der Waals surface area contributed by atoms with Crippen LogP contribution in [0.4, 0.5) is 0 Å². The number of phosphoric acid groups is 1. The van der Waals surface area contributed by atoms with Crippen molar-refractivity contribution in [3.63, 3.8) is 0 Å². The minimum atomic E-state index is -5.69. The third kappa shape index (κ3) is 75.5. The van der Waals surface area contributed by atoms with Gasteiger partial charge in [-0.2, -0.15) is 0 Å². The maximum absolute atomic E-state index is 15.2. The lowest BCUT2D eigenvalue weighted by Crippen LogP contribution is -2.67. The molecule has 2 fully saturated rings. The molecule has 142 heavy (non-hydrogen) atoms. The third-order valence-corrected chi connectivity index (χ3v) is 29.0. The van der Waals surface area contributed by atoms with Gasteiger partial charge in [0, 0.05) is 19.3 Å². The van der Waals surface area contributed by atoms with Crippen LogP contribution in [0, 0.1) is 0 Å². The summed E-state index contributed by atoms with van der Waals surface area (Å²) in [5.74, 6) is -4.99. The Bertz CT molecular complexity index is 3050. The number of rotatable bonds is 102. The summed E-state index contributed by atoms with van der Waals surface area (Å²) in [5.41, 5.74) is 0. The standard InChI is InChI=1S/C116H217N2O23P/c1-8-15-22-29-36-43-46-49-52-59-66-73-80-87-104(123)134-97(84-77-70-63-56-40-33-26-19-12-5)91-102(121)117-109-113(140-108(127)93-99(86-79-72-65-58-42-35-28-21-14-7)136-106(125)89-82-75-68-61-54-51-48-45-38-31-24-17-10-3)111(128)100(94-119)137-115(109)133-95-101-112(129)114(139-107(126)90-96(120)83-76-69-62-55-39-32-25-18-11-4)110(116(138-101)141-142(130,131)132)118-103(122)92-98(85-78-71-64-57-41-34-27-20-13-6)135-105(124)88-81-74-67-60-53-50-47-44-37-30-23-16-9-2/h43,46,96-101,109-116,119-120,128-129H,8-42,44-45,47-95H2,1-7H3,(H,117,121)(H,118,122)(H2,130,131,132)/b46-43-/t96?,97?,98?,99?,100?,101?,109?,110?,111-,112-,113-,114-,115-,116+/m1/s1. The van der Waals surface area contributed by atoms with E-state index in [4.69, 9.17) is 42.4 Å². The quantitative estimate of drug-likeness (QED) is 0.00922. The molecule has 0 radical (unpaired) electrons. The molecule has 0 aliphatic carbocycles. The molecule has 8 N–H and O–H groups in total. The average Bonchev–Trinajstić information content (AvgIpc) is 0.784. The van der Waals surface area contributed by atoms with Gasteiger partial charge < -0.3 is 78.7 Å². The van der Waals surface area contributed by atoms with Gasteiger partial charge in [0.05, 0.1) is 45.0 Å². The molecule has 26 heteroatoms. The highest BCUT2D eigenvalue weighted by Gasteiger charge is 2.54. The number of aliphatic hydroxyl groups excluding tert-OH is 4. The van der Waals surface area contributed by atoms with E-state index in [2.05, 4.69) is 71.3 Å². The first-order chi connectivity index (χ1) is 69.1. The molecule has 8 unspecified atom stereocenters. The van der Waals surface area contributed by atoms with E-state index in [0.29, 0.717) is 64.2 Å². The predicted molar refractivity (Wildman–Crippen MR) is 571 cm³/mol. The number of carbonyl (C=O) groups excluding carboxylic acids is 7. The lowest BCUT2D eigenvalue weighted by Gasteiger charge is -2.46. The zero-order chi connectivity index (χ0) is 104. The van der Waals surface area contributed by atoms with E-state index in [9.17, 15) is 58.8 Å². The van der Waals surface area contributed by atoms with Gasteiger partial charge >= 0.3 is 37.7 Å². The number of hydrogen-bond acceptors (Lipinski definition) is 21. The summed E-state index contributed by atoms with van der Waals surface area (Å²) in [6, 6.07) is -3.63. The molecule has 25 nitrogen and oxygen atoms in total. The molecular weight excluding hydrogens is 1820 g/mol. The molecule has 2 aliphatic heterocycles. The average molecular weight is 2040 g/mol. The maximum atomic E-state index is 15.2. The fourth-order valence-corrected chi connectivity index (χ4v) is 20.1. The zero-order valence-electron chi connectivity index (χ0n) is 91.6. The highest BCUT2D eigenvalue weighted by Crippen LogP contribution is 2.42. The molecule has 2 amide bonds. The Balaban J connectivity index is 2.82. The Labute approximate surface area is 865 Å². The predicted octanol–water partition coefficient (Wildman–Crippen LogP) is 28.6. The number of carbonyl (C=O) groups is 7. The second-order valence-electron chi connectivity index (χ2n) is 42.2. The monoisotopic (exact) mass is 2040 g/mol. The van der Waals surface area contributed by atoms with Crippen LogP contribution in [0.25, 0.3) is 0 Å². The summed E-state index contributed by atoms with van der Waals surface area (Å²) < 4.78 is 68.9. The molecule has 0 aromatic rings. The van der Waals surface area contributed by atoms with Gasteiger partial charge in [-0.3, -0.25) is 38.1 Å². The SMILES string of the molecule is CCCCCC/C=C\CCCCCCCC(=O)OC(CCCCCCCCCCC)CC(=O)NC1[C@H](OCC2O[C@@H](OP(=O)(O)O)C(NC(=O)CC(CCCCCCCCCCC)OC(=O)CCCCCCCCCCCCCCC)[C@@H](OC(=O)CC(O)CCCCCCCCCCC)[C@@H]2O)OC(CO)[C@@H](O)[C@@H]1OC(=O)CC(CCCCCCCCCCC)OC(=O)CCCCCCCCCCCCCCC. The Kier molecular flexibility index (Phi) is 88.7. The van der Waals surface area contributed by atoms with Crippen LogP contribution in [0.15, 0.2) is 12.2 Å². The molecule has 0 aromatic heterocycles. The van der Waals surface area contributed by atoms with Crippen molar-refractivity contribution in [2.75, 3.05) is 13.2 Å². The number of ether oxygens (including phenoxy) is 8. The van der Waals surface area contributed by atoms with Crippen molar-refractivity contribution in [3.8, 4) is 0 Å². The van der Waals surface area contributed by atoms with Crippen LogP contribution in [0.1, 0.15) is 588 Å². The number of allylic oxidation sites excluding steroid dienone is 2. The molecule has 2 rings (SSSR count). The van der Waals surface area contributed by atoms with Crippen molar-refractivity contribution in [1.29, 1.82) is 0 Å². The van der Waals surface area contributed by atoms with Gasteiger partial charge in [-0.15, -0.1) is 0 Å². The zero-order valence-corrected chi connectivity index (χ0v) is 92.5. The second kappa shape index (κ2) is 94.1. The summed E-state index contributed by atoms with van der Waals surface area (Å²) in [4.78, 5) is 123. The smallest absolute Gasteiger partial charge is 0.462 e. The second-order valence-corrected chi connectivity index (χ2v) is 43.4. The van der Waals surface area contributed by atoms with Crippen LogP contribution >= 0.6 is 7.82 Å². The molecule has 2 saturated heterocycles. The fraction of sp³-hybridized carbons (Fsp3) is 0.922. The highest BCUT2D eigenvalue weighted by molar-refractivity contribution is 7.46. The Morgan fingerprint density at radius 3 is 0.859 bits per heavy atom. The largest absolute Gasteiger partial charge is 0.472 e. The van der Waals surface area contributed by atoms with Gasteiger partial charge in [-0.25, -0.2) is 4.57 Å². The molecule has 2 aliphatic rings. The normalized spacial score (nSPS) is 19.1. The number of phosphoric ester groups is 1. The maximum Gasteiger partial charge on any atom is 0.472 e. The van der Waals surface area contributed by atoms with Crippen molar-refractivity contribution in [3.05, 3.63) is 12.2 Å². The van der Waals surface area contributed by atoms with Crippen LogP contribution in [0.5, 0.6) is 0 Å². The summed E-state index contributed by atoms with van der Waals surface area (Å²) in [5, 5.41) is 53.5. The number of nitrogens with one attached hydrogen (secondary N) is 2. The fourth-order valence-electron chi connectivity index (χ4n) is 19.7. The van der Waals surface area contributed by atoms with E-state index in [-0.39, 0.29) is 25.7 Å². The minimum Gasteiger partial charge on any atom is -0.462 e. The van der Waals surface area contributed by atoms with Gasteiger partial charge in [-0.05, 0) is 89.9 Å². The highest BCUT2D eigenvalue weighted by atomic mass is 31.2. The minimum absolute atomic E-state index is 0.126. The molecule has 834 valence electrons. The van der Waals surface area contributed by atoms with Gasteiger partial charge in [-0.1, -0.05) is 465 Å². The topological polar surface area (TPSA) is 365 Å². The molecule has 0 aromatic carbocycles. The molecule has 0 spiro atoms. The van der Waals surface area contributed by atoms with Gasteiger partial charge in [0.1, 0.15) is 54.8 Å². The Morgan fingerprint density at radius 2 is 0.556 bits per heavy atom. The summed E-state index contributed by atoms with van der Waals surface area (Å²) in [6.07, 6.45) is 61.9. The number of esters is 5. The lowest BCUT2D eigenvalue weighted by molar-refractivity contribution is -0.298. The van der Waals surface area contributed by atoms with Gasteiger partial charge in [0.2, 0.25) is 11.8 Å².